The van der Waals surface area contributed by atoms with Gasteiger partial charge in [-0.3, -0.25) is 0 Å². The first-order valence-electron chi connectivity index (χ1n) is 11.0. The molecule has 1 aromatic carbocycles. The van der Waals surface area contributed by atoms with E-state index >= 15 is 0 Å². The minimum atomic E-state index is -3.24. The number of nitrogens with one attached hydrogen (secondary N) is 1. The van der Waals surface area contributed by atoms with E-state index in [2.05, 4.69) is 16.8 Å². The lowest BCUT2D eigenvalue weighted by Crippen LogP contribution is -2.44. The van der Waals surface area contributed by atoms with Crippen molar-refractivity contribution >= 4 is 26.6 Å². The number of hydrogen-bond acceptors (Lipinski definition) is 6. The Hall–Kier alpha value is -2.45. The van der Waals surface area contributed by atoms with Crippen LogP contribution in [0.2, 0.25) is 0 Å². The fraction of sp³-hybridized carbons (Fsp3) is 0.478. The molecule has 2 aromatic heterocycles. The molecule has 8 heteroatoms. The topological polar surface area (TPSA) is 88.2 Å². The SMILES string of the molecule is CC1COCCN1c1cc(C2(S(=O)(=O)C3CC3)CC2)nc(-c2cccc3[nH]ccc23)n1. The number of ether oxygens (including phenoxy) is 1. The third-order valence-electron chi connectivity index (χ3n) is 6.89. The lowest BCUT2D eigenvalue weighted by atomic mass is 10.1. The second-order valence-electron chi connectivity index (χ2n) is 9.04. The van der Waals surface area contributed by atoms with Gasteiger partial charge in [0.25, 0.3) is 0 Å². The molecular weight excluding hydrogens is 412 g/mol. The predicted octanol–water partition coefficient (Wildman–Crippen LogP) is 3.42. The second kappa shape index (κ2) is 6.77. The van der Waals surface area contributed by atoms with Gasteiger partial charge in [0.2, 0.25) is 0 Å². The minimum absolute atomic E-state index is 0.169. The smallest absolute Gasteiger partial charge is 0.164 e. The Kier molecular flexibility index (Phi) is 4.21. The summed E-state index contributed by atoms with van der Waals surface area (Å²) in [5.41, 5.74) is 2.59. The van der Waals surface area contributed by atoms with E-state index < -0.39 is 14.6 Å². The molecule has 3 aromatic rings. The number of sulfone groups is 1. The molecule has 1 saturated heterocycles. The summed E-state index contributed by atoms with van der Waals surface area (Å²) in [6, 6.07) is 10.1. The quantitative estimate of drug-likeness (QED) is 0.657. The van der Waals surface area contributed by atoms with Gasteiger partial charge in [0.05, 0.1) is 30.2 Å². The van der Waals surface area contributed by atoms with E-state index in [0.29, 0.717) is 37.6 Å². The van der Waals surface area contributed by atoms with Crippen molar-refractivity contribution in [2.75, 3.05) is 24.7 Å². The van der Waals surface area contributed by atoms with Crippen LogP contribution in [0.3, 0.4) is 0 Å². The van der Waals surface area contributed by atoms with Gasteiger partial charge < -0.3 is 14.6 Å². The summed E-state index contributed by atoms with van der Waals surface area (Å²) in [5.74, 6) is 1.38. The highest BCUT2D eigenvalue weighted by molar-refractivity contribution is 7.93. The molecule has 2 saturated carbocycles. The standard InChI is InChI=1S/C23H26N4O3S/c1-15-14-30-12-11-27(15)21-13-20(23(8-9-23)31(28,29)16-5-6-16)25-22(26-21)18-3-2-4-19-17(18)7-10-24-19/h2-4,7,10,13,15-16,24H,5-6,8-9,11-12,14H2,1H3. The van der Waals surface area contributed by atoms with Crippen LogP contribution in [0.15, 0.2) is 36.5 Å². The van der Waals surface area contributed by atoms with Crippen molar-refractivity contribution in [3.63, 3.8) is 0 Å². The number of rotatable bonds is 5. The van der Waals surface area contributed by atoms with Crippen LogP contribution in [0.25, 0.3) is 22.3 Å². The molecular formula is C23H26N4O3S. The van der Waals surface area contributed by atoms with Gasteiger partial charge in [0.15, 0.2) is 15.7 Å². The van der Waals surface area contributed by atoms with Crippen molar-refractivity contribution in [3.05, 3.63) is 42.2 Å². The number of fused-ring (bicyclic) bond motifs is 1. The molecule has 3 fully saturated rings. The van der Waals surface area contributed by atoms with Crippen LogP contribution in [0, 0.1) is 0 Å². The number of morpholine rings is 1. The Morgan fingerprint density at radius 2 is 2.03 bits per heavy atom. The maximum Gasteiger partial charge on any atom is 0.164 e. The van der Waals surface area contributed by atoms with Gasteiger partial charge in [-0.15, -0.1) is 0 Å². The van der Waals surface area contributed by atoms with Crippen LogP contribution in [0.4, 0.5) is 5.82 Å². The normalized spacial score (nSPS) is 23.3. The maximum absolute atomic E-state index is 13.3. The van der Waals surface area contributed by atoms with Crippen LogP contribution in [-0.4, -0.2) is 54.4 Å². The monoisotopic (exact) mass is 438 g/mol. The number of H-pyrrole nitrogens is 1. The van der Waals surface area contributed by atoms with Crippen molar-refractivity contribution < 1.29 is 13.2 Å². The number of aromatic amines is 1. The van der Waals surface area contributed by atoms with Gasteiger partial charge in [-0.25, -0.2) is 18.4 Å². The predicted molar refractivity (Wildman–Crippen MR) is 120 cm³/mol. The van der Waals surface area contributed by atoms with Crippen molar-refractivity contribution in [3.8, 4) is 11.4 Å². The molecule has 31 heavy (non-hydrogen) atoms. The molecule has 0 amide bonds. The molecule has 2 aliphatic carbocycles. The van der Waals surface area contributed by atoms with Crippen LogP contribution in [0.5, 0.6) is 0 Å². The zero-order valence-electron chi connectivity index (χ0n) is 17.5. The van der Waals surface area contributed by atoms with Gasteiger partial charge in [0.1, 0.15) is 10.6 Å². The zero-order chi connectivity index (χ0) is 21.2. The summed E-state index contributed by atoms with van der Waals surface area (Å²) < 4.78 is 31.5. The van der Waals surface area contributed by atoms with Crippen LogP contribution in [0.1, 0.15) is 38.3 Å². The largest absolute Gasteiger partial charge is 0.377 e. The van der Waals surface area contributed by atoms with Crippen LogP contribution in [-0.2, 0) is 19.3 Å². The molecule has 162 valence electrons. The molecule has 0 spiro atoms. The average Bonchev–Trinajstić information content (AvgIpc) is 3.70. The lowest BCUT2D eigenvalue weighted by Gasteiger charge is -2.34. The first-order chi connectivity index (χ1) is 15.0. The maximum atomic E-state index is 13.3. The number of hydrogen-bond donors (Lipinski definition) is 1. The van der Waals surface area contributed by atoms with Gasteiger partial charge >= 0.3 is 0 Å². The highest BCUT2D eigenvalue weighted by Gasteiger charge is 2.61. The molecule has 7 nitrogen and oxygen atoms in total. The summed E-state index contributed by atoms with van der Waals surface area (Å²) in [6.45, 7) is 4.11. The van der Waals surface area contributed by atoms with E-state index in [4.69, 9.17) is 14.7 Å². The van der Waals surface area contributed by atoms with Gasteiger partial charge in [0, 0.05) is 35.3 Å². The van der Waals surface area contributed by atoms with Crippen LogP contribution < -0.4 is 4.90 Å². The summed E-state index contributed by atoms with van der Waals surface area (Å²) in [6.07, 6.45) is 4.75. The molecule has 0 radical (unpaired) electrons. The zero-order valence-corrected chi connectivity index (χ0v) is 18.4. The number of benzene rings is 1. The molecule has 1 unspecified atom stereocenters. The summed E-state index contributed by atoms with van der Waals surface area (Å²) in [5, 5.41) is 0.836. The van der Waals surface area contributed by atoms with E-state index in [1.807, 2.05) is 36.5 Å². The summed E-state index contributed by atoms with van der Waals surface area (Å²) >= 11 is 0. The Morgan fingerprint density at radius 3 is 2.77 bits per heavy atom. The van der Waals surface area contributed by atoms with E-state index in [1.54, 1.807) is 0 Å². The van der Waals surface area contributed by atoms with Crippen LogP contribution >= 0.6 is 0 Å². The second-order valence-corrected chi connectivity index (χ2v) is 11.6. The van der Waals surface area contributed by atoms with Gasteiger partial charge in [-0.1, -0.05) is 12.1 Å². The molecule has 1 N–H and O–H groups in total. The Balaban J connectivity index is 1.54. The average molecular weight is 439 g/mol. The van der Waals surface area contributed by atoms with E-state index in [-0.39, 0.29) is 11.3 Å². The number of nitrogens with zero attached hydrogens (tertiary/aromatic N) is 3. The minimum Gasteiger partial charge on any atom is -0.377 e. The highest BCUT2D eigenvalue weighted by Crippen LogP contribution is 2.57. The molecule has 3 aliphatic rings. The van der Waals surface area contributed by atoms with E-state index in [9.17, 15) is 8.42 Å². The molecule has 6 rings (SSSR count). The number of aromatic nitrogens is 3. The fourth-order valence-electron chi connectivity index (χ4n) is 4.78. The van der Waals surface area contributed by atoms with Crippen molar-refractivity contribution in [2.45, 2.75) is 48.6 Å². The first kappa shape index (κ1) is 19.3. The molecule has 1 aliphatic heterocycles. The third-order valence-corrected chi connectivity index (χ3v) is 9.94. The van der Waals surface area contributed by atoms with Crippen molar-refractivity contribution in [1.29, 1.82) is 0 Å². The van der Waals surface area contributed by atoms with Gasteiger partial charge in [-0.05, 0) is 44.7 Å². The van der Waals surface area contributed by atoms with Crippen molar-refractivity contribution in [1.82, 2.24) is 15.0 Å². The van der Waals surface area contributed by atoms with E-state index in [0.717, 1.165) is 41.7 Å². The van der Waals surface area contributed by atoms with Crippen molar-refractivity contribution in [2.24, 2.45) is 0 Å². The van der Waals surface area contributed by atoms with E-state index in [1.165, 1.54) is 0 Å². The number of anilines is 1. The summed E-state index contributed by atoms with van der Waals surface area (Å²) in [4.78, 5) is 15.3. The molecule has 1 atom stereocenters. The Morgan fingerprint density at radius 1 is 1.19 bits per heavy atom. The highest BCUT2D eigenvalue weighted by atomic mass is 32.2. The first-order valence-corrected chi connectivity index (χ1v) is 12.6. The molecule has 0 bridgehead atoms. The Labute approximate surface area is 181 Å². The summed E-state index contributed by atoms with van der Waals surface area (Å²) in [7, 11) is -3.24. The fourth-order valence-corrected chi connectivity index (χ4v) is 7.24. The Bertz CT molecular complexity index is 1260. The lowest BCUT2D eigenvalue weighted by molar-refractivity contribution is 0.0985. The third kappa shape index (κ3) is 2.99. The molecule has 3 heterocycles. The van der Waals surface area contributed by atoms with Gasteiger partial charge in [-0.2, -0.15) is 0 Å².